The zero-order chi connectivity index (χ0) is 18.5. The number of nitrogens with zero attached hydrogens (tertiary/aromatic N) is 1. The number of carbonyl (C=O) groups excluding carboxylic acids is 1. The van der Waals surface area contributed by atoms with Crippen LogP contribution in [0.15, 0.2) is 48.8 Å². The Morgan fingerprint density at radius 3 is 2.46 bits per heavy atom. The third-order valence-electron chi connectivity index (χ3n) is 3.97. The first-order valence-electron chi connectivity index (χ1n) is 7.96. The molecule has 0 spiro atoms. The molecular weight excluding hydrogens is 334 g/mol. The number of hydrogen-bond donors (Lipinski definition) is 0. The molecule has 0 fully saturated rings. The van der Waals surface area contributed by atoms with Crippen LogP contribution < -0.4 is 14.2 Å². The van der Waals surface area contributed by atoms with Crippen LogP contribution in [0.4, 0.5) is 0 Å². The highest BCUT2D eigenvalue weighted by molar-refractivity contribution is 5.93. The molecule has 0 saturated carbocycles. The Labute approximate surface area is 151 Å². The van der Waals surface area contributed by atoms with Gasteiger partial charge in [0.2, 0.25) is 5.75 Å². The van der Waals surface area contributed by atoms with E-state index in [0.717, 1.165) is 16.3 Å². The number of rotatable bonds is 6. The normalized spacial score (nSPS) is 10.4. The summed E-state index contributed by atoms with van der Waals surface area (Å²) in [6, 6.07) is 10.9. The van der Waals surface area contributed by atoms with E-state index >= 15 is 0 Å². The van der Waals surface area contributed by atoms with Crippen LogP contribution in [0.1, 0.15) is 15.9 Å². The molecule has 0 saturated heterocycles. The van der Waals surface area contributed by atoms with E-state index in [1.165, 1.54) is 6.20 Å². The van der Waals surface area contributed by atoms with Crippen LogP contribution in [-0.4, -0.2) is 32.3 Å². The lowest BCUT2D eigenvalue weighted by atomic mass is 10.0. The molecule has 6 heteroatoms. The van der Waals surface area contributed by atoms with Gasteiger partial charge in [0.05, 0.1) is 26.9 Å². The van der Waals surface area contributed by atoms with E-state index in [2.05, 4.69) is 4.98 Å². The quantitative estimate of drug-likeness (QED) is 0.631. The fraction of sp³-hybridized carbons (Fsp3) is 0.200. The van der Waals surface area contributed by atoms with E-state index in [4.69, 9.17) is 18.9 Å². The van der Waals surface area contributed by atoms with Gasteiger partial charge in [-0.15, -0.1) is 0 Å². The minimum absolute atomic E-state index is 0.153. The number of pyridine rings is 1. The molecule has 0 aliphatic rings. The monoisotopic (exact) mass is 353 g/mol. The zero-order valence-electron chi connectivity index (χ0n) is 14.8. The number of esters is 1. The molecule has 1 aromatic heterocycles. The van der Waals surface area contributed by atoms with Crippen LogP contribution >= 0.6 is 0 Å². The second-order valence-electron chi connectivity index (χ2n) is 5.52. The first-order chi connectivity index (χ1) is 12.7. The van der Waals surface area contributed by atoms with Gasteiger partial charge in [0, 0.05) is 17.8 Å². The average molecular weight is 353 g/mol. The summed E-state index contributed by atoms with van der Waals surface area (Å²) in [4.78, 5) is 16.0. The Hall–Kier alpha value is -3.28. The maximum atomic E-state index is 12.0. The summed E-state index contributed by atoms with van der Waals surface area (Å²) >= 11 is 0. The number of fused-ring (bicyclic) bond motifs is 1. The Morgan fingerprint density at radius 2 is 1.81 bits per heavy atom. The molecule has 0 aliphatic heterocycles. The molecule has 0 amide bonds. The van der Waals surface area contributed by atoms with Crippen LogP contribution in [0.2, 0.25) is 0 Å². The smallest absolute Gasteiger partial charge is 0.340 e. The van der Waals surface area contributed by atoms with Gasteiger partial charge in [0.15, 0.2) is 11.5 Å². The van der Waals surface area contributed by atoms with Crippen molar-refractivity contribution in [2.75, 3.05) is 21.3 Å². The van der Waals surface area contributed by atoms with Crippen molar-refractivity contribution in [3.63, 3.8) is 0 Å². The third kappa shape index (κ3) is 3.39. The fourth-order valence-corrected chi connectivity index (χ4v) is 2.73. The van der Waals surface area contributed by atoms with Crippen molar-refractivity contribution in [1.29, 1.82) is 0 Å². The van der Waals surface area contributed by atoms with Crippen molar-refractivity contribution in [1.82, 2.24) is 4.98 Å². The first kappa shape index (κ1) is 17.5. The predicted octanol–water partition coefficient (Wildman–Crippen LogP) is 3.62. The lowest BCUT2D eigenvalue weighted by Gasteiger charge is -2.15. The summed E-state index contributed by atoms with van der Waals surface area (Å²) in [5, 5.41) is 1.78. The van der Waals surface area contributed by atoms with E-state index in [1.807, 2.05) is 24.3 Å². The van der Waals surface area contributed by atoms with Gasteiger partial charge in [-0.2, -0.15) is 0 Å². The van der Waals surface area contributed by atoms with Crippen molar-refractivity contribution in [2.45, 2.75) is 6.61 Å². The highest BCUT2D eigenvalue weighted by atomic mass is 16.5. The van der Waals surface area contributed by atoms with Gasteiger partial charge in [-0.3, -0.25) is 4.98 Å². The summed E-state index contributed by atoms with van der Waals surface area (Å²) in [6.07, 6.45) is 3.08. The standard InChI is InChI=1S/C20H19NO5/c1-23-17-10-15-9-13(6-7-16(15)18(24-2)19(17)25-3)12-26-20(22)14-5-4-8-21-11-14/h4-11H,12H2,1-3H3. The van der Waals surface area contributed by atoms with Crippen molar-refractivity contribution in [2.24, 2.45) is 0 Å². The highest BCUT2D eigenvalue weighted by Crippen LogP contribution is 2.43. The molecule has 0 N–H and O–H groups in total. The van der Waals surface area contributed by atoms with Crippen LogP contribution in [0.25, 0.3) is 10.8 Å². The first-order valence-corrected chi connectivity index (χ1v) is 7.96. The van der Waals surface area contributed by atoms with E-state index in [1.54, 1.807) is 39.7 Å². The second kappa shape index (κ2) is 7.74. The molecule has 1 heterocycles. The lowest BCUT2D eigenvalue weighted by Crippen LogP contribution is -2.05. The van der Waals surface area contributed by atoms with E-state index in [-0.39, 0.29) is 6.61 Å². The summed E-state index contributed by atoms with van der Waals surface area (Å²) in [6.45, 7) is 0.153. The maximum absolute atomic E-state index is 12.0. The van der Waals surface area contributed by atoms with Gasteiger partial charge < -0.3 is 18.9 Å². The summed E-state index contributed by atoms with van der Waals surface area (Å²) in [5.74, 6) is 1.29. The summed E-state index contributed by atoms with van der Waals surface area (Å²) in [7, 11) is 4.72. The fourth-order valence-electron chi connectivity index (χ4n) is 2.73. The van der Waals surface area contributed by atoms with Crippen molar-refractivity contribution >= 4 is 16.7 Å². The van der Waals surface area contributed by atoms with Crippen LogP contribution in [0, 0.1) is 0 Å². The van der Waals surface area contributed by atoms with Gasteiger partial charge in [0.25, 0.3) is 0 Å². The topological polar surface area (TPSA) is 66.9 Å². The SMILES string of the molecule is COc1cc2cc(COC(=O)c3cccnc3)ccc2c(OC)c1OC. The molecule has 3 aromatic rings. The summed E-state index contributed by atoms with van der Waals surface area (Å²) in [5.41, 5.74) is 1.27. The molecule has 0 aliphatic carbocycles. The van der Waals surface area contributed by atoms with Gasteiger partial charge in [-0.05, 0) is 35.2 Å². The van der Waals surface area contributed by atoms with E-state index < -0.39 is 5.97 Å². The highest BCUT2D eigenvalue weighted by Gasteiger charge is 2.16. The number of methoxy groups -OCH3 is 3. The molecule has 26 heavy (non-hydrogen) atoms. The van der Waals surface area contributed by atoms with Crippen molar-refractivity contribution in [3.05, 3.63) is 59.9 Å². The number of benzene rings is 2. The Balaban J connectivity index is 1.88. The number of carbonyl (C=O) groups is 1. The summed E-state index contributed by atoms with van der Waals surface area (Å²) < 4.78 is 21.6. The molecule has 0 radical (unpaired) electrons. The molecule has 134 valence electrons. The van der Waals surface area contributed by atoms with Crippen LogP contribution in [-0.2, 0) is 11.3 Å². The van der Waals surface area contributed by atoms with Gasteiger partial charge in [-0.25, -0.2) is 4.79 Å². The minimum atomic E-state index is -0.414. The Bertz CT molecular complexity index is 924. The Morgan fingerprint density at radius 1 is 1.00 bits per heavy atom. The average Bonchev–Trinajstić information content (AvgIpc) is 2.70. The van der Waals surface area contributed by atoms with Crippen LogP contribution in [0.3, 0.4) is 0 Å². The van der Waals surface area contributed by atoms with Gasteiger partial charge in [0.1, 0.15) is 6.61 Å². The molecule has 0 unspecified atom stereocenters. The maximum Gasteiger partial charge on any atom is 0.340 e. The molecule has 3 rings (SSSR count). The van der Waals surface area contributed by atoms with Crippen LogP contribution in [0.5, 0.6) is 17.2 Å². The molecular formula is C20H19NO5. The molecule has 2 aromatic carbocycles. The van der Waals surface area contributed by atoms with Gasteiger partial charge in [-0.1, -0.05) is 12.1 Å². The lowest BCUT2D eigenvalue weighted by molar-refractivity contribution is 0.0472. The molecule has 0 atom stereocenters. The van der Waals surface area contributed by atoms with Gasteiger partial charge >= 0.3 is 5.97 Å². The molecule has 0 bridgehead atoms. The Kier molecular flexibility index (Phi) is 5.22. The number of aromatic nitrogens is 1. The van der Waals surface area contributed by atoms with Crippen molar-refractivity contribution in [3.8, 4) is 17.2 Å². The number of hydrogen-bond acceptors (Lipinski definition) is 6. The van der Waals surface area contributed by atoms with E-state index in [0.29, 0.717) is 22.8 Å². The molecule has 6 nitrogen and oxygen atoms in total. The zero-order valence-corrected chi connectivity index (χ0v) is 14.8. The van der Waals surface area contributed by atoms with Crippen molar-refractivity contribution < 1.29 is 23.7 Å². The number of ether oxygens (including phenoxy) is 4. The predicted molar refractivity (Wildman–Crippen MR) is 97.0 cm³/mol. The minimum Gasteiger partial charge on any atom is -0.493 e. The second-order valence-corrected chi connectivity index (χ2v) is 5.52. The van der Waals surface area contributed by atoms with E-state index in [9.17, 15) is 4.79 Å². The largest absolute Gasteiger partial charge is 0.493 e. The third-order valence-corrected chi connectivity index (χ3v) is 3.97.